The Kier molecular flexibility index (Phi) is 5.01. The molecule has 1 aromatic rings. The van der Waals surface area contributed by atoms with Gasteiger partial charge in [0.1, 0.15) is 0 Å². The van der Waals surface area contributed by atoms with Gasteiger partial charge in [0, 0.05) is 11.8 Å². The third-order valence-electron chi connectivity index (χ3n) is 4.75. The lowest BCUT2D eigenvalue weighted by Gasteiger charge is -2.26. The maximum absolute atomic E-state index is 12.6. The molecule has 2 heterocycles. The molecule has 4 nitrogen and oxygen atoms in total. The molecule has 2 atom stereocenters. The predicted octanol–water partition coefficient (Wildman–Crippen LogP) is 2.58. The maximum atomic E-state index is 12.6. The first kappa shape index (κ1) is 16.8. The number of carbonyl (C=O) groups excluding carboxylic acids is 1. The van der Waals surface area contributed by atoms with Crippen molar-refractivity contribution in [1.29, 1.82) is 0 Å². The van der Waals surface area contributed by atoms with Crippen molar-refractivity contribution in [3.8, 4) is 0 Å². The zero-order chi connectivity index (χ0) is 16.4. The number of rotatable bonds is 4. The van der Waals surface area contributed by atoms with E-state index in [2.05, 4.69) is 19.1 Å². The summed E-state index contributed by atoms with van der Waals surface area (Å²) in [6.07, 6.45) is 2.73. The summed E-state index contributed by atoms with van der Waals surface area (Å²) < 4.78 is 23.0. The van der Waals surface area contributed by atoms with Crippen LogP contribution in [0.2, 0.25) is 0 Å². The Morgan fingerprint density at radius 1 is 1.30 bits per heavy atom. The molecule has 0 saturated carbocycles. The lowest BCUT2D eigenvalue weighted by atomic mass is 9.99. The number of sulfone groups is 1. The second-order valence-electron chi connectivity index (χ2n) is 6.44. The van der Waals surface area contributed by atoms with Crippen molar-refractivity contribution in [3.05, 3.63) is 35.4 Å². The smallest absolute Gasteiger partial charge is 0.233 e. The van der Waals surface area contributed by atoms with Gasteiger partial charge in [0.15, 0.2) is 9.84 Å². The molecule has 0 aliphatic carbocycles. The minimum Gasteiger partial charge on any atom is -0.335 e. The molecule has 0 spiro atoms. The van der Waals surface area contributed by atoms with Crippen molar-refractivity contribution in [2.24, 2.45) is 0 Å². The van der Waals surface area contributed by atoms with Gasteiger partial charge in [0.05, 0.1) is 23.3 Å². The van der Waals surface area contributed by atoms with Crippen LogP contribution in [0, 0.1) is 6.92 Å². The molecule has 0 bridgehead atoms. The Labute approximate surface area is 142 Å². The van der Waals surface area contributed by atoms with Crippen molar-refractivity contribution in [2.45, 2.75) is 37.5 Å². The van der Waals surface area contributed by atoms with Gasteiger partial charge in [0.25, 0.3) is 0 Å². The molecular weight excluding hydrogens is 330 g/mol. The molecule has 126 valence electrons. The zero-order valence-corrected chi connectivity index (χ0v) is 15.0. The average molecular weight is 354 g/mol. The Morgan fingerprint density at radius 3 is 2.78 bits per heavy atom. The number of carbonyl (C=O) groups is 1. The van der Waals surface area contributed by atoms with E-state index in [1.54, 1.807) is 0 Å². The van der Waals surface area contributed by atoms with Crippen LogP contribution in [0.3, 0.4) is 0 Å². The lowest BCUT2D eigenvalue weighted by Crippen LogP contribution is -2.32. The van der Waals surface area contributed by atoms with E-state index in [1.807, 2.05) is 17.0 Å². The number of hydrogen-bond acceptors (Lipinski definition) is 4. The summed E-state index contributed by atoms with van der Waals surface area (Å²) in [6.45, 7) is 2.90. The second kappa shape index (κ2) is 6.85. The number of thioether (sulfide) groups is 1. The van der Waals surface area contributed by atoms with Crippen molar-refractivity contribution in [1.82, 2.24) is 4.90 Å². The average Bonchev–Trinajstić information content (AvgIpc) is 3.12. The van der Waals surface area contributed by atoms with E-state index in [-0.39, 0.29) is 28.7 Å². The summed E-state index contributed by atoms with van der Waals surface area (Å²) in [5, 5.41) is 0.0865. The van der Waals surface area contributed by atoms with Crippen molar-refractivity contribution in [2.75, 3.05) is 23.8 Å². The van der Waals surface area contributed by atoms with Gasteiger partial charge in [-0.05, 0) is 37.3 Å². The number of hydrogen-bond donors (Lipinski definition) is 0. The third-order valence-corrected chi connectivity index (χ3v) is 8.02. The number of nitrogens with zero attached hydrogens (tertiary/aromatic N) is 1. The summed E-state index contributed by atoms with van der Waals surface area (Å²) in [4.78, 5) is 14.6. The summed E-state index contributed by atoms with van der Waals surface area (Å²) in [6, 6.07) is 8.44. The molecule has 0 aromatic heterocycles. The van der Waals surface area contributed by atoms with E-state index in [0.717, 1.165) is 19.4 Å². The molecule has 6 heteroatoms. The van der Waals surface area contributed by atoms with Gasteiger partial charge in [-0.3, -0.25) is 4.79 Å². The van der Waals surface area contributed by atoms with Crippen LogP contribution < -0.4 is 0 Å². The van der Waals surface area contributed by atoms with Crippen LogP contribution >= 0.6 is 11.8 Å². The van der Waals surface area contributed by atoms with Gasteiger partial charge in [-0.15, -0.1) is 11.8 Å². The lowest BCUT2D eigenvalue weighted by molar-refractivity contribution is -0.129. The number of amides is 1. The molecule has 23 heavy (non-hydrogen) atoms. The molecule has 0 radical (unpaired) electrons. The predicted molar refractivity (Wildman–Crippen MR) is 94.4 cm³/mol. The fourth-order valence-corrected chi connectivity index (χ4v) is 7.04. The van der Waals surface area contributed by atoms with Crippen LogP contribution in [-0.2, 0) is 14.6 Å². The zero-order valence-electron chi connectivity index (χ0n) is 13.4. The minimum atomic E-state index is -2.87. The second-order valence-corrected chi connectivity index (χ2v) is 9.96. The molecule has 3 rings (SSSR count). The highest BCUT2D eigenvalue weighted by Gasteiger charge is 2.33. The highest BCUT2D eigenvalue weighted by atomic mass is 32.2. The van der Waals surface area contributed by atoms with Gasteiger partial charge < -0.3 is 4.90 Å². The van der Waals surface area contributed by atoms with Crippen LogP contribution in [-0.4, -0.2) is 48.3 Å². The van der Waals surface area contributed by atoms with E-state index in [4.69, 9.17) is 0 Å². The molecular formula is C17H23NO3S2. The van der Waals surface area contributed by atoms with E-state index in [9.17, 15) is 13.2 Å². The molecule has 2 saturated heterocycles. The standard InChI is InChI=1S/C17H23NO3S2/c1-13-5-2-3-6-15(13)16-7-4-9-18(16)17(19)11-22-14-8-10-23(20,21)12-14/h2-3,5-6,14,16H,4,7-12H2,1H3/t14-,16-/m1/s1. The quantitative estimate of drug-likeness (QED) is 0.835. The van der Waals surface area contributed by atoms with Crippen molar-refractivity contribution < 1.29 is 13.2 Å². The van der Waals surface area contributed by atoms with Crippen LogP contribution in [0.5, 0.6) is 0 Å². The van der Waals surface area contributed by atoms with Gasteiger partial charge in [0.2, 0.25) is 5.91 Å². The fraction of sp³-hybridized carbons (Fsp3) is 0.588. The van der Waals surface area contributed by atoms with Gasteiger partial charge in [-0.25, -0.2) is 8.42 Å². The third kappa shape index (κ3) is 3.91. The fourth-order valence-electron chi connectivity index (χ4n) is 3.51. The summed E-state index contributed by atoms with van der Waals surface area (Å²) in [5.41, 5.74) is 2.47. The summed E-state index contributed by atoms with van der Waals surface area (Å²) >= 11 is 1.51. The first-order chi connectivity index (χ1) is 11.0. The van der Waals surface area contributed by atoms with Gasteiger partial charge >= 0.3 is 0 Å². The topological polar surface area (TPSA) is 54.5 Å². The summed E-state index contributed by atoms with van der Waals surface area (Å²) in [5.74, 6) is 1.04. The SMILES string of the molecule is Cc1ccccc1[C@H]1CCCN1C(=O)CS[C@@H]1CCS(=O)(=O)C1. The highest BCUT2D eigenvalue weighted by Crippen LogP contribution is 2.34. The van der Waals surface area contributed by atoms with Gasteiger partial charge in [-0.2, -0.15) is 0 Å². The first-order valence-electron chi connectivity index (χ1n) is 8.13. The Hall–Kier alpha value is -1.01. The largest absolute Gasteiger partial charge is 0.335 e. The van der Waals surface area contributed by atoms with E-state index < -0.39 is 9.84 Å². The number of benzene rings is 1. The van der Waals surface area contributed by atoms with E-state index >= 15 is 0 Å². The van der Waals surface area contributed by atoms with Crippen LogP contribution in [0.25, 0.3) is 0 Å². The molecule has 0 N–H and O–H groups in total. The number of aryl methyl sites for hydroxylation is 1. The molecule has 2 aliphatic rings. The molecule has 2 aliphatic heterocycles. The van der Waals surface area contributed by atoms with Crippen LogP contribution in [0.4, 0.5) is 0 Å². The Bertz CT molecular complexity index is 687. The van der Waals surface area contributed by atoms with E-state index in [0.29, 0.717) is 12.2 Å². The maximum Gasteiger partial charge on any atom is 0.233 e. The Balaban J connectivity index is 1.61. The van der Waals surface area contributed by atoms with Gasteiger partial charge in [-0.1, -0.05) is 24.3 Å². The molecule has 1 aromatic carbocycles. The molecule has 1 amide bonds. The normalized spacial score (nSPS) is 26.6. The Morgan fingerprint density at radius 2 is 2.09 bits per heavy atom. The van der Waals surface area contributed by atoms with Crippen LogP contribution in [0.1, 0.15) is 36.4 Å². The monoisotopic (exact) mass is 353 g/mol. The highest BCUT2D eigenvalue weighted by molar-refractivity contribution is 8.02. The molecule has 0 unspecified atom stereocenters. The van der Waals surface area contributed by atoms with Crippen molar-refractivity contribution >= 4 is 27.5 Å². The summed E-state index contributed by atoms with van der Waals surface area (Å²) in [7, 11) is -2.87. The van der Waals surface area contributed by atoms with Crippen LogP contribution in [0.15, 0.2) is 24.3 Å². The first-order valence-corrected chi connectivity index (χ1v) is 11.0. The van der Waals surface area contributed by atoms with E-state index in [1.165, 1.54) is 22.9 Å². The molecule has 2 fully saturated rings. The number of likely N-dealkylation sites (tertiary alicyclic amines) is 1. The van der Waals surface area contributed by atoms with Crippen molar-refractivity contribution in [3.63, 3.8) is 0 Å². The minimum absolute atomic E-state index is 0.0865.